The minimum Gasteiger partial charge on any atom is -0.468 e. The van der Waals surface area contributed by atoms with Crippen molar-refractivity contribution in [1.82, 2.24) is 4.90 Å². The summed E-state index contributed by atoms with van der Waals surface area (Å²) in [5.74, 6) is -0.885. The minimum absolute atomic E-state index is 0.0108. The van der Waals surface area contributed by atoms with Crippen molar-refractivity contribution in [2.45, 2.75) is 0 Å². The van der Waals surface area contributed by atoms with Crippen molar-refractivity contribution in [3.8, 4) is 0 Å². The Bertz CT molecular complexity index is 374. The maximum absolute atomic E-state index is 11.7. The Balaban J connectivity index is 2.69. The van der Waals surface area contributed by atoms with Crippen LogP contribution in [0, 0.1) is 0 Å². The number of esters is 1. The molecule has 0 aliphatic carbocycles. The number of hydrogen-bond acceptors (Lipinski definition) is 4. The zero-order chi connectivity index (χ0) is 11.4. The number of nitrogens with zero attached hydrogens (tertiary/aromatic N) is 1. The topological polar surface area (TPSA) is 59.8 Å². The molecule has 0 saturated heterocycles. The Hall–Kier alpha value is -1.49. The van der Waals surface area contributed by atoms with Crippen LogP contribution in [0.15, 0.2) is 16.7 Å². The van der Waals surface area contributed by atoms with E-state index in [1.165, 1.54) is 31.4 Å². The van der Waals surface area contributed by atoms with Gasteiger partial charge in [0.05, 0.1) is 18.9 Å². The molecule has 1 aromatic heterocycles. The molecule has 5 nitrogen and oxygen atoms in total. The molecule has 1 amide bonds. The van der Waals surface area contributed by atoms with E-state index in [1.807, 2.05) is 0 Å². The van der Waals surface area contributed by atoms with Gasteiger partial charge < -0.3 is 14.1 Å². The van der Waals surface area contributed by atoms with E-state index in [2.05, 4.69) is 4.74 Å². The van der Waals surface area contributed by atoms with Crippen LogP contribution in [0.2, 0.25) is 5.22 Å². The number of carbonyl (C=O) groups excluding carboxylic acids is 2. The van der Waals surface area contributed by atoms with Gasteiger partial charge in [0.2, 0.25) is 5.22 Å². The Morgan fingerprint density at radius 2 is 2.27 bits per heavy atom. The number of rotatable bonds is 3. The molecule has 0 aliphatic heterocycles. The highest BCUT2D eigenvalue weighted by atomic mass is 35.5. The van der Waals surface area contributed by atoms with Crippen LogP contribution in [0.5, 0.6) is 0 Å². The lowest BCUT2D eigenvalue weighted by molar-refractivity contribution is -0.141. The third-order valence-corrected chi connectivity index (χ3v) is 2.08. The van der Waals surface area contributed by atoms with Crippen LogP contribution in [-0.2, 0) is 9.53 Å². The number of ether oxygens (including phenoxy) is 1. The van der Waals surface area contributed by atoms with Crippen LogP contribution < -0.4 is 0 Å². The molecule has 0 saturated carbocycles. The lowest BCUT2D eigenvalue weighted by atomic mass is 10.3. The van der Waals surface area contributed by atoms with E-state index in [9.17, 15) is 9.59 Å². The van der Waals surface area contributed by atoms with Gasteiger partial charge in [-0.05, 0) is 17.7 Å². The lowest BCUT2D eigenvalue weighted by Crippen LogP contribution is -2.32. The zero-order valence-electron chi connectivity index (χ0n) is 8.32. The number of methoxy groups -OCH3 is 1. The van der Waals surface area contributed by atoms with Gasteiger partial charge in [0, 0.05) is 7.05 Å². The molecule has 0 atom stereocenters. The van der Waals surface area contributed by atoms with Crippen LogP contribution in [0.4, 0.5) is 0 Å². The Morgan fingerprint density at radius 1 is 1.60 bits per heavy atom. The molecule has 0 N–H and O–H groups in total. The largest absolute Gasteiger partial charge is 0.468 e. The van der Waals surface area contributed by atoms with Gasteiger partial charge in [0.15, 0.2) is 0 Å². The summed E-state index contributed by atoms with van der Waals surface area (Å²) >= 11 is 5.62. The van der Waals surface area contributed by atoms with Gasteiger partial charge >= 0.3 is 5.97 Å². The first-order valence-corrected chi connectivity index (χ1v) is 4.49. The number of hydrogen-bond donors (Lipinski definition) is 0. The lowest BCUT2D eigenvalue weighted by Gasteiger charge is -2.14. The summed E-state index contributed by atoms with van der Waals surface area (Å²) in [5.41, 5.74) is 0.225. The van der Waals surface area contributed by atoms with Gasteiger partial charge in [0.25, 0.3) is 5.91 Å². The van der Waals surface area contributed by atoms with E-state index in [4.69, 9.17) is 16.0 Å². The van der Waals surface area contributed by atoms with Gasteiger partial charge in [-0.3, -0.25) is 9.59 Å². The summed E-state index contributed by atoms with van der Waals surface area (Å²) in [6.45, 7) is -0.128. The third kappa shape index (κ3) is 2.73. The Kier molecular flexibility index (Phi) is 3.74. The average Bonchev–Trinajstić information content (AvgIpc) is 2.63. The molecule has 1 aromatic rings. The second-order valence-corrected chi connectivity index (χ2v) is 3.19. The van der Waals surface area contributed by atoms with E-state index in [0.717, 1.165) is 0 Å². The predicted molar refractivity (Wildman–Crippen MR) is 52.7 cm³/mol. The predicted octanol–water partition coefficient (Wildman–Crippen LogP) is 1.18. The SMILES string of the molecule is COC(=O)CN(C)C(=O)c1ccoc1Cl. The van der Waals surface area contributed by atoms with Gasteiger partial charge in [0.1, 0.15) is 6.54 Å². The van der Waals surface area contributed by atoms with Crippen molar-refractivity contribution in [3.05, 3.63) is 23.1 Å². The molecule has 0 aliphatic rings. The van der Waals surface area contributed by atoms with Gasteiger partial charge in [-0.1, -0.05) is 0 Å². The van der Waals surface area contributed by atoms with Crippen LogP contribution in [0.1, 0.15) is 10.4 Å². The van der Waals surface area contributed by atoms with Crippen molar-refractivity contribution in [3.63, 3.8) is 0 Å². The second kappa shape index (κ2) is 4.84. The highest BCUT2D eigenvalue weighted by molar-refractivity contribution is 6.32. The van der Waals surface area contributed by atoms with Crippen molar-refractivity contribution in [2.75, 3.05) is 20.7 Å². The van der Waals surface area contributed by atoms with Crippen LogP contribution in [0.25, 0.3) is 0 Å². The molecular formula is C9H10ClNO4. The third-order valence-electron chi connectivity index (χ3n) is 1.79. The van der Waals surface area contributed by atoms with Crippen molar-refractivity contribution < 1.29 is 18.7 Å². The molecule has 82 valence electrons. The summed E-state index contributed by atoms with van der Waals surface area (Å²) in [6, 6.07) is 1.44. The van der Waals surface area contributed by atoms with E-state index < -0.39 is 5.97 Å². The molecule has 0 fully saturated rings. The molecule has 0 unspecified atom stereocenters. The van der Waals surface area contributed by atoms with Gasteiger partial charge in [-0.25, -0.2) is 0 Å². The first-order valence-electron chi connectivity index (χ1n) is 4.11. The average molecular weight is 232 g/mol. The first-order chi connectivity index (χ1) is 7.06. The normalized spacial score (nSPS) is 9.80. The first kappa shape index (κ1) is 11.6. The summed E-state index contributed by atoms with van der Waals surface area (Å²) in [6.07, 6.45) is 1.31. The van der Waals surface area contributed by atoms with Crippen molar-refractivity contribution in [1.29, 1.82) is 0 Å². The van der Waals surface area contributed by atoms with Crippen molar-refractivity contribution >= 4 is 23.5 Å². The maximum Gasteiger partial charge on any atom is 0.325 e. The number of amides is 1. The summed E-state index contributed by atoms with van der Waals surface area (Å²) in [4.78, 5) is 23.8. The standard InChI is InChI=1S/C9H10ClNO4/c1-11(5-7(12)14-2)9(13)6-3-4-15-8(6)10/h3-4H,5H2,1-2H3. The molecule has 0 aromatic carbocycles. The number of halogens is 1. The van der Waals surface area contributed by atoms with Gasteiger partial charge in [-0.15, -0.1) is 0 Å². The number of carbonyl (C=O) groups is 2. The number of furan rings is 1. The monoisotopic (exact) mass is 231 g/mol. The quantitative estimate of drug-likeness (QED) is 0.733. The molecular weight excluding hydrogens is 222 g/mol. The van der Waals surface area contributed by atoms with Crippen molar-refractivity contribution in [2.24, 2.45) is 0 Å². The number of likely N-dealkylation sites (N-methyl/N-ethyl adjacent to an activating group) is 1. The van der Waals surface area contributed by atoms with E-state index in [-0.39, 0.29) is 23.2 Å². The summed E-state index contributed by atoms with van der Waals surface area (Å²) < 4.78 is 9.20. The van der Waals surface area contributed by atoms with E-state index >= 15 is 0 Å². The van der Waals surface area contributed by atoms with Crippen LogP contribution in [-0.4, -0.2) is 37.5 Å². The summed E-state index contributed by atoms with van der Waals surface area (Å²) in [5, 5.41) is 0.0108. The fourth-order valence-corrected chi connectivity index (χ4v) is 1.18. The Labute approximate surface area is 91.6 Å². The zero-order valence-corrected chi connectivity index (χ0v) is 9.08. The van der Waals surface area contributed by atoms with E-state index in [0.29, 0.717) is 0 Å². The minimum atomic E-state index is -0.495. The fourth-order valence-electron chi connectivity index (χ4n) is 0.982. The van der Waals surface area contributed by atoms with E-state index in [1.54, 1.807) is 0 Å². The maximum atomic E-state index is 11.7. The second-order valence-electron chi connectivity index (χ2n) is 2.85. The fraction of sp³-hybridized carbons (Fsp3) is 0.333. The van der Waals surface area contributed by atoms with Gasteiger partial charge in [-0.2, -0.15) is 0 Å². The van der Waals surface area contributed by atoms with Crippen LogP contribution >= 0.6 is 11.6 Å². The van der Waals surface area contributed by atoms with Crippen LogP contribution in [0.3, 0.4) is 0 Å². The highest BCUT2D eigenvalue weighted by Gasteiger charge is 2.19. The smallest absolute Gasteiger partial charge is 0.325 e. The molecule has 1 heterocycles. The Morgan fingerprint density at radius 3 is 2.73 bits per heavy atom. The molecule has 15 heavy (non-hydrogen) atoms. The molecule has 0 bridgehead atoms. The molecule has 6 heteroatoms. The summed E-state index contributed by atoms with van der Waals surface area (Å²) in [7, 11) is 2.73. The molecule has 0 radical (unpaired) electrons. The molecule has 0 spiro atoms. The highest BCUT2D eigenvalue weighted by Crippen LogP contribution is 2.17. The molecule has 1 rings (SSSR count).